The Morgan fingerprint density at radius 3 is 2.59 bits per heavy atom. The number of carbonyl (C=O) groups excluding carboxylic acids is 3. The highest BCUT2D eigenvalue weighted by Crippen LogP contribution is 2.40. The third-order valence-corrected chi connectivity index (χ3v) is 6.73. The van der Waals surface area contributed by atoms with E-state index in [2.05, 4.69) is 4.98 Å². The molecule has 3 heterocycles. The minimum Gasteiger partial charge on any atom is -0.507 e. The number of aliphatic hydroxyl groups excluding tert-OH is 1. The number of hydrogen-bond acceptors (Lipinski definition) is 7. The molecule has 3 aromatic rings. The average Bonchev–Trinajstić information content (AvgIpc) is 3.62. The molecule has 2 aromatic carbocycles. The highest BCUT2D eigenvalue weighted by atomic mass is 16.5. The van der Waals surface area contributed by atoms with Crippen LogP contribution in [0.25, 0.3) is 5.76 Å². The molecule has 37 heavy (non-hydrogen) atoms. The number of ketones is 1. The number of Topliss-reactive ketones (excluding diaryl/α,β-unsaturated/α-hetero) is 1. The number of aryl methyl sites for hydroxylation is 1. The number of methoxy groups -OCH3 is 1. The Bertz CT molecular complexity index is 1380. The topological polar surface area (TPSA) is 111 Å². The molecule has 1 fully saturated rings. The first kappa shape index (κ1) is 24.3. The van der Waals surface area contributed by atoms with Crippen molar-refractivity contribution in [3.8, 4) is 5.75 Å². The molecule has 0 radical (unpaired) electrons. The molecule has 1 amide bonds. The molecule has 190 valence electrons. The van der Waals surface area contributed by atoms with Crippen molar-refractivity contribution >= 4 is 23.4 Å². The lowest BCUT2D eigenvalue weighted by molar-refractivity contribution is -0.139. The quantitative estimate of drug-likeness (QED) is 0.228. The summed E-state index contributed by atoms with van der Waals surface area (Å²) in [6.45, 7) is 2.87. The van der Waals surface area contributed by atoms with Crippen molar-refractivity contribution in [2.45, 2.75) is 38.5 Å². The van der Waals surface area contributed by atoms with Crippen molar-refractivity contribution in [3.05, 3.63) is 89.0 Å². The number of nitrogens with zero attached hydrogens (tertiary/aromatic N) is 3. The zero-order valence-corrected chi connectivity index (χ0v) is 20.6. The number of imidazole rings is 1. The van der Waals surface area contributed by atoms with E-state index in [9.17, 15) is 19.5 Å². The van der Waals surface area contributed by atoms with Gasteiger partial charge in [-0.3, -0.25) is 9.59 Å². The van der Waals surface area contributed by atoms with Gasteiger partial charge < -0.3 is 24.0 Å². The fourth-order valence-corrected chi connectivity index (χ4v) is 4.94. The smallest absolute Gasteiger partial charge is 0.337 e. The van der Waals surface area contributed by atoms with Gasteiger partial charge in [0, 0.05) is 37.5 Å². The van der Waals surface area contributed by atoms with Gasteiger partial charge in [-0.1, -0.05) is 12.1 Å². The average molecular weight is 502 g/mol. The molecular weight excluding hydrogens is 474 g/mol. The first-order valence-electron chi connectivity index (χ1n) is 12.1. The highest BCUT2D eigenvalue weighted by molar-refractivity contribution is 6.46. The molecule has 2 aliphatic rings. The number of esters is 1. The first-order chi connectivity index (χ1) is 17.9. The lowest BCUT2D eigenvalue weighted by Crippen LogP contribution is -2.31. The van der Waals surface area contributed by atoms with E-state index in [1.807, 2.05) is 17.7 Å². The molecule has 0 aliphatic carbocycles. The van der Waals surface area contributed by atoms with Crippen LogP contribution in [0, 0.1) is 0 Å². The van der Waals surface area contributed by atoms with Crippen LogP contribution >= 0.6 is 0 Å². The highest BCUT2D eigenvalue weighted by Gasteiger charge is 2.46. The number of hydrogen-bond donors (Lipinski definition) is 1. The largest absolute Gasteiger partial charge is 0.507 e. The summed E-state index contributed by atoms with van der Waals surface area (Å²) in [6.07, 6.45) is 6.50. The van der Waals surface area contributed by atoms with E-state index in [1.165, 1.54) is 12.0 Å². The van der Waals surface area contributed by atoms with Crippen LogP contribution in [0.2, 0.25) is 0 Å². The van der Waals surface area contributed by atoms with E-state index in [0.29, 0.717) is 42.6 Å². The number of amides is 1. The minimum atomic E-state index is -0.807. The van der Waals surface area contributed by atoms with Crippen LogP contribution in [0.5, 0.6) is 5.75 Å². The van der Waals surface area contributed by atoms with Gasteiger partial charge in [-0.15, -0.1) is 0 Å². The van der Waals surface area contributed by atoms with Gasteiger partial charge in [0.25, 0.3) is 11.7 Å². The fourth-order valence-electron chi connectivity index (χ4n) is 4.94. The van der Waals surface area contributed by atoms with E-state index in [1.54, 1.807) is 55.0 Å². The molecule has 2 atom stereocenters. The zero-order chi connectivity index (χ0) is 26.1. The number of aliphatic hydroxyl groups is 1. The molecule has 0 unspecified atom stereocenters. The predicted octanol–water partition coefficient (Wildman–Crippen LogP) is 3.51. The molecule has 9 heteroatoms. The molecular formula is C28H27N3O6. The number of aromatic nitrogens is 2. The number of benzene rings is 2. The molecule has 2 aliphatic heterocycles. The molecule has 0 bridgehead atoms. The van der Waals surface area contributed by atoms with Crippen LogP contribution in [0.3, 0.4) is 0 Å². The van der Waals surface area contributed by atoms with E-state index in [0.717, 1.165) is 11.3 Å². The van der Waals surface area contributed by atoms with Gasteiger partial charge >= 0.3 is 5.97 Å². The lowest BCUT2D eigenvalue weighted by Gasteiger charge is -2.25. The standard InChI is InChI=1S/C28H27N3O6/c1-17-14-21-15-20(8-9-22(21)37-17)25(32)23-24(18-4-6-19(7-5-18)28(35)36-2)31(27(34)26(23)33)12-3-11-30-13-10-29-16-30/h4-10,13,15-17,24,32H,3,11-12,14H2,1-2H3/b25-23+/t17-,24-/m0/s1. The minimum absolute atomic E-state index is 0.0189. The molecule has 1 N–H and O–H groups in total. The summed E-state index contributed by atoms with van der Waals surface area (Å²) < 4.78 is 12.4. The Kier molecular flexibility index (Phi) is 6.52. The number of carbonyl (C=O) groups is 3. The van der Waals surface area contributed by atoms with Crippen molar-refractivity contribution < 1.29 is 29.0 Å². The van der Waals surface area contributed by atoms with Crippen molar-refractivity contribution in [2.24, 2.45) is 0 Å². The molecule has 9 nitrogen and oxygen atoms in total. The summed E-state index contributed by atoms with van der Waals surface area (Å²) in [6, 6.07) is 11.0. The normalized spacial score (nSPS) is 20.1. The zero-order valence-electron chi connectivity index (χ0n) is 20.6. The van der Waals surface area contributed by atoms with Gasteiger partial charge in [-0.2, -0.15) is 0 Å². The summed E-state index contributed by atoms with van der Waals surface area (Å²) >= 11 is 0. The third kappa shape index (κ3) is 4.60. The van der Waals surface area contributed by atoms with E-state index in [-0.39, 0.29) is 17.4 Å². The second-order valence-electron chi connectivity index (χ2n) is 9.22. The Balaban J connectivity index is 1.53. The Hall–Kier alpha value is -4.40. The summed E-state index contributed by atoms with van der Waals surface area (Å²) in [5.41, 5.74) is 2.35. The third-order valence-electron chi connectivity index (χ3n) is 6.73. The van der Waals surface area contributed by atoms with Gasteiger partial charge in [0.2, 0.25) is 0 Å². The predicted molar refractivity (Wildman–Crippen MR) is 134 cm³/mol. The van der Waals surface area contributed by atoms with Crippen molar-refractivity contribution in [1.29, 1.82) is 0 Å². The number of likely N-dealkylation sites (tertiary alicyclic amines) is 1. The van der Waals surface area contributed by atoms with Gasteiger partial charge in [-0.25, -0.2) is 9.78 Å². The SMILES string of the molecule is COC(=O)c1ccc([C@H]2/C(=C(\O)c3ccc4c(c3)C[C@H](C)O4)C(=O)C(=O)N2CCCn2ccnc2)cc1. The summed E-state index contributed by atoms with van der Waals surface area (Å²) in [5.74, 6) is -1.39. The van der Waals surface area contributed by atoms with E-state index >= 15 is 0 Å². The first-order valence-corrected chi connectivity index (χ1v) is 12.1. The summed E-state index contributed by atoms with van der Waals surface area (Å²) in [5, 5.41) is 11.4. The van der Waals surface area contributed by atoms with Crippen molar-refractivity contribution in [3.63, 3.8) is 0 Å². The van der Waals surface area contributed by atoms with Crippen LogP contribution in [-0.4, -0.2) is 57.0 Å². The van der Waals surface area contributed by atoms with Crippen LogP contribution < -0.4 is 4.74 Å². The maximum Gasteiger partial charge on any atom is 0.337 e. The molecule has 1 saturated heterocycles. The van der Waals surface area contributed by atoms with E-state index in [4.69, 9.17) is 9.47 Å². The van der Waals surface area contributed by atoms with E-state index < -0.39 is 23.7 Å². The number of ether oxygens (including phenoxy) is 2. The van der Waals surface area contributed by atoms with Gasteiger partial charge in [0.1, 0.15) is 17.6 Å². The van der Waals surface area contributed by atoms with Gasteiger partial charge in [0.05, 0.1) is 30.6 Å². The monoisotopic (exact) mass is 501 g/mol. The van der Waals surface area contributed by atoms with Crippen LogP contribution in [0.4, 0.5) is 0 Å². The van der Waals surface area contributed by atoms with Crippen LogP contribution in [0.1, 0.15) is 46.4 Å². The number of rotatable bonds is 7. The van der Waals surface area contributed by atoms with Crippen LogP contribution in [0.15, 0.2) is 66.8 Å². The molecule has 0 spiro atoms. The van der Waals surface area contributed by atoms with Crippen molar-refractivity contribution in [2.75, 3.05) is 13.7 Å². The summed E-state index contributed by atoms with van der Waals surface area (Å²) in [4.78, 5) is 43.9. The van der Waals surface area contributed by atoms with Crippen LogP contribution in [-0.2, 0) is 27.3 Å². The Morgan fingerprint density at radius 2 is 1.89 bits per heavy atom. The Morgan fingerprint density at radius 1 is 1.14 bits per heavy atom. The second-order valence-corrected chi connectivity index (χ2v) is 9.22. The van der Waals surface area contributed by atoms with Crippen molar-refractivity contribution in [1.82, 2.24) is 14.5 Å². The van der Waals surface area contributed by atoms with Gasteiger partial charge in [0.15, 0.2) is 0 Å². The fraction of sp³-hybridized carbons (Fsp3) is 0.286. The lowest BCUT2D eigenvalue weighted by atomic mass is 9.94. The maximum absolute atomic E-state index is 13.3. The summed E-state index contributed by atoms with van der Waals surface area (Å²) in [7, 11) is 1.30. The molecule has 0 saturated carbocycles. The molecule has 1 aromatic heterocycles. The number of fused-ring (bicyclic) bond motifs is 1. The molecule has 5 rings (SSSR count). The maximum atomic E-state index is 13.3. The Labute approximate surface area is 213 Å². The second kappa shape index (κ2) is 9.93. The van der Waals surface area contributed by atoms with Gasteiger partial charge in [-0.05, 0) is 54.8 Å².